The number of benzene rings is 1. The van der Waals surface area contributed by atoms with Gasteiger partial charge in [-0.2, -0.15) is 0 Å². The summed E-state index contributed by atoms with van der Waals surface area (Å²) in [5.74, 6) is 1.91. The van der Waals surface area contributed by atoms with Gasteiger partial charge in [0.2, 0.25) is 5.91 Å². The van der Waals surface area contributed by atoms with Crippen LogP contribution in [0.3, 0.4) is 0 Å². The van der Waals surface area contributed by atoms with Gasteiger partial charge < -0.3 is 9.88 Å². The highest BCUT2D eigenvalue weighted by Crippen LogP contribution is 2.26. The van der Waals surface area contributed by atoms with Gasteiger partial charge in [-0.3, -0.25) is 4.79 Å². The molecule has 1 aliphatic rings. The highest BCUT2D eigenvalue weighted by molar-refractivity contribution is 7.99. The third-order valence-corrected chi connectivity index (χ3v) is 6.07. The predicted octanol–water partition coefficient (Wildman–Crippen LogP) is 4.06. The van der Waals surface area contributed by atoms with Crippen molar-refractivity contribution < 1.29 is 4.79 Å². The SMILES string of the molecule is CCn1c(SCC(=O)N[C@H]2CCCC[C@H]2C)nnc1-c1cccc(C)c1. The van der Waals surface area contributed by atoms with Crippen LogP contribution in [0.1, 0.15) is 45.1 Å². The molecule has 2 aromatic rings. The summed E-state index contributed by atoms with van der Waals surface area (Å²) in [6.07, 6.45) is 4.80. The van der Waals surface area contributed by atoms with E-state index < -0.39 is 0 Å². The summed E-state index contributed by atoms with van der Waals surface area (Å²) in [5, 5.41) is 12.7. The van der Waals surface area contributed by atoms with Crippen LogP contribution in [0.2, 0.25) is 0 Å². The number of amides is 1. The lowest BCUT2D eigenvalue weighted by Crippen LogP contribution is -2.41. The Kier molecular flexibility index (Phi) is 6.35. The Labute approximate surface area is 160 Å². The third-order valence-electron chi connectivity index (χ3n) is 5.10. The lowest BCUT2D eigenvalue weighted by Gasteiger charge is -2.29. The van der Waals surface area contributed by atoms with E-state index in [1.54, 1.807) is 0 Å². The monoisotopic (exact) mass is 372 g/mol. The number of rotatable bonds is 6. The van der Waals surface area contributed by atoms with Crippen molar-refractivity contribution in [2.45, 2.75) is 64.2 Å². The van der Waals surface area contributed by atoms with Crippen LogP contribution in [0.5, 0.6) is 0 Å². The lowest BCUT2D eigenvalue weighted by molar-refractivity contribution is -0.119. The quantitative estimate of drug-likeness (QED) is 0.777. The fourth-order valence-electron chi connectivity index (χ4n) is 3.59. The van der Waals surface area contributed by atoms with Crippen molar-refractivity contribution in [3.63, 3.8) is 0 Å². The van der Waals surface area contributed by atoms with Gasteiger partial charge in [0.05, 0.1) is 5.75 Å². The van der Waals surface area contributed by atoms with Crippen LogP contribution in [0, 0.1) is 12.8 Å². The minimum Gasteiger partial charge on any atom is -0.352 e. The maximum atomic E-state index is 12.4. The maximum Gasteiger partial charge on any atom is 0.230 e. The molecule has 0 radical (unpaired) electrons. The Balaban J connectivity index is 1.64. The smallest absolute Gasteiger partial charge is 0.230 e. The van der Waals surface area contributed by atoms with Gasteiger partial charge in [0.1, 0.15) is 0 Å². The van der Waals surface area contributed by atoms with Gasteiger partial charge in [0.25, 0.3) is 0 Å². The van der Waals surface area contributed by atoms with Crippen LogP contribution < -0.4 is 5.32 Å². The second-order valence-corrected chi connectivity index (χ2v) is 8.09. The Morgan fingerprint density at radius 1 is 1.31 bits per heavy atom. The first-order valence-electron chi connectivity index (χ1n) is 9.51. The average Bonchev–Trinajstić information content (AvgIpc) is 3.05. The van der Waals surface area contributed by atoms with Crippen LogP contribution in [0.15, 0.2) is 29.4 Å². The normalized spacial score (nSPS) is 20.1. The summed E-state index contributed by atoms with van der Waals surface area (Å²) >= 11 is 1.47. The zero-order valence-corrected chi connectivity index (χ0v) is 16.7. The van der Waals surface area contributed by atoms with Crippen molar-refractivity contribution in [1.29, 1.82) is 0 Å². The molecule has 1 aliphatic carbocycles. The van der Waals surface area contributed by atoms with Crippen LogP contribution >= 0.6 is 11.8 Å². The molecule has 140 valence electrons. The maximum absolute atomic E-state index is 12.4. The van der Waals surface area contributed by atoms with Crippen LogP contribution in [0.4, 0.5) is 0 Å². The molecule has 0 spiro atoms. The molecule has 0 bridgehead atoms. The molecule has 6 heteroatoms. The van der Waals surface area contributed by atoms with E-state index in [0.717, 1.165) is 29.5 Å². The number of thioether (sulfide) groups is 1. The zero-order valence-electron chi connectivity index (χ0n) is 15.9. The summed E-state index contributed by atoms with van der Waals surface area (Å²) in [5.41, 5.74) is 2.26. The molecule has 1 aromatic carbocycles. The van der Waals surface area contributed by atoms with Crippen LogP contribution in [0.25, 0.3) is 11.4 Å². The van der Waals surface area contributed by atoms with Crippen molar-refractivity contribution in [2.75, 3.05) is 5.75 Å². The van der Waals surface area contributed by atoms with E-state index in [9.17, 15) is 4.79 Å². The first-order valence-corrected chi connectivity index (χ1v) is 10.5. The number of aryl methyl sites for hydroxylation is 1. The molecular formula is C20H28N4OS. The first kappa shape index (κ1) is 19.0. The largest absolute Gasteiger partial charge is 0.352 e. The van der Waals surface area contributed by atoms with E-state index in [1.165, 1.54) is 36.6 Å². The average molecular weight is 373 g/mol. The van der Waals surface area contributed by atoms with E-state index in [4.69, 9.17) is 0 Å². The van der Waals surface area contributed by atoms with Gasteiger partial charge in [0.15, 0.2) is 11.0 Å². The van der Waals surface area contributed by atoms with E-state index in [0.29, 0.717) is 17.7 Å². The van der Waals surface area contributed by atoms with Gasteiger partial charge in [-0.15, -0.1) is 10.2 Å². The summed E-state index contributed by atoms with van der Waals surface area (Å²) < 4.78 is 2.08. The lowest BCUT2D eigenvalue weighted by atomic mass is 9.86. The molecule has 1 fully saturated rings. The summed E-state index contributed by atoms with van der Waals surface area (Å²) in [7, 11) is 0. The van der Waals surface area contributed by atoms with Gasteiger partial charge in [-0.05, 0) is 38.7 Å². The molecule has 1 amide bonds. The van der Waals surface area contributed by atoms with Gasteiger partial charge >= 0.3 is 0 Å². The molecule has 1 aromatic heterocycles. The molecule has 0 aliphatic heterocycles. The molecule has 1 heterocycles. The van der Waals surface area contributed by atoms with Gasteiger partial charge in [0, 0.05) is 18.2 Å². The zero-order chi connectivity index (χ0) is 18.5. The predicted molar refractivity (Wildman–Crippen MR) is 106 cm³/mol. The van der Waals surface area contributed by atoms with Crippen molar-refractivity contribution in [3.05, 3.63) is 29.8 Å². The Morgan fingerprint density at radius 3 is 2.85 bits per heavy atom. The van der Waals surface area contributed by atoms with Crippen molar-refractivity contribution >= 4 is 17.7 Å². The van der Waals surface area contributed by atoms with E-state index >= 15 is 0 Å². The number of nitrogens with zero attached hydrogens (tertiary/aromatic N) is 3. The van der Waals surface area contributed by atoms with E-state index in [-0.39, 0.29) is 5.91 Å². The molecular weight excluding hydrogens is 344 g/mol. The number of hydrogen-bond acceptors (Lipinski definition) is 4. The Hall–Kier alpha value is -1.82. The molecule has 2 atom stereocenters. The van der Waals surface area contributed by atoms with Crippen LogP contribution in [-0.2, 0) is 11.3 Å². The first-order chi connectivity index (χ1) is 12.6. The van der Waals surface area contributed by atoms with Gasteiger partial charge in [-0.1, -0.05) is 55.3 Å². The molecule has 1 N–H and O–H groups in total. The number of hydrogen-bond donors (Lipinski definition) is 1. The summed E-state index contributed by atoms with van der Waals surface area (Å²) in [6.45, 7) is 7.16. The summed E-state index contributed by atoms with van der Waals surface area (Å²) in [4.78, 5) is 12.4. The van der Waals surface area contributed by atoms with E-state index in [1.807, 2.05) is 6.07 Å². The highest BCUT2D eigenvalue weighted by atomic mass is 32.2. The molecule has 0 unspecified atom stereocenters. The second kappa shape index (κ2) is 8.71. The minimum absolute atomic E-state index is 0.0940. The number of nitrogens with one attached hydrogen (secondary N) is 1. The second-order valence-electron chi connectivity index (χ2n) is 7.14. The summed E-state index contributed by atoms with van der Waals surface area (Å²) in [6, 6.07) is 8.59. The van der Waals surface area contributed by atoms with Crippen molar-refractivity contribution in [2.24, 2.45) is 5.92 Å². The van der Waals surface area contributed by atoms with Gasteiger partial charge in [-0.25, -0.2) is 0 Å². The molecule has 26 heavy (non-hydrogen) atoms. The standard InChI is InChI=1S/C20H28N4OS/c1-4-24-19(16-10-7-8-14(2)12-16)22-23-20(24)26-13-18(25)21-17-11-6-5-9-15(17)3/h7-8,10,12,15,17H,4-6,9,11,13H2,1-3H3,(H,21,25)/t15-,17+/m1/s1. The molecule has 1 saturated carbocycles. The third kappa shape index (κ3) is 4.47. The van der Waals surface area contributed by atoms with Crippen molar-refractivity contribution in [3.8, 4) is 11.4 Å². The molecule has 3 rings (SSSR count). The minimum atomic E-state index is 0.0940. The topological polar surface area (TPSA) is 59.8 Å². The number of carbonyl (C=O) groups is 1. The molecule has 0 saturated heterocycles. The Morgan fingerprint density at radius 2 is 2.12 bits per heavy atom. The number of carbonyl (C=O) groups excluding carboxylic acids is 1. The van der Waals surface area contributed by atoms with Crippen LogP contribution in [-0.4, -0.2) is 32.5 Å². The van der Waals surface area contributed by atoms with E-state index in [2.05, 4.69) is 59.1 Å². The Bertz CT molecular complexity index is 758. The fourth-order valence-corrected chi connectivity index (χ4v) is 4.40. The molecule has 5 nitrogen and oxygen atoms in total. The fraction of sp³-hybridized carbons (Fsp3) is 0.550. The van der Waals surface area contributed by atoms with Crippen molar-refractivity contribution in [1.82, 2.24) is 20.1 Å². The highest BCUT2D eigenvalue weighted by Gasteiger charge is 2.23. The number of aromatic nitrogens is 3.